The Balaban J connectivity index is 2.21. The molecule has 16 heavy (non-hydrogen) atoms. The van der Waals surface area contributed by atoms with Crippen molar-refractivity contribution in [1.29, 1.82) is 0 Å². The van der Waals surface area contributed by atoms with Crippen molar-refractivity contribution < 1.29 is 14.6 Å². The number of carboxylic acids is 1. The third-order valence-corrected chi connectivity index (χ3v) is 2.85. The number of carbonyl (C=O) groups is 1. The van der Waals surface area contributed by atoms with Crippen molar-refractivity contribution in [3.05, 3.63) is 29.3 Å². The molecule has 1 fully saturated rings. The Hall–Kier alpha value is -1.26. The maximum absolute atomic E-state index is 11.2. The number of aliphatic carboxylic acids is 1. The second kappa shape index (κ2) is 4.31. The van der Waals surface area contributed by atoms with Gasteiger partial charge in [-0.2, -0.15) is 0 Å². The van der Waals surface area contributed by atoms with Crippen LogP contribution in [0, 0.1) is 0 Å². The fourth-order valence-corrected chi connectivity index (χ4v) is 1.92. The van der Waals surface area contributed by atoms with Crippen molar-refractivity contribution in [3.8, 4) is 5.75 Å². The van der Waals surface area contributed by atoms with Crippen LogP contribution in [0.15, 0.2) is 24.3 Å². The molecule has 1 aromatic carbocycles. The average Bonchev–Trinajstić information content (AvgIpc) is 2.67. The Morgan fingerprint density at radius 1 is 1.56 bits per heavy atom. The Bertz CT molecular complexity index is 402. The van der Waals surface area contributed by atoms with Gasteiger partial charge in [-0.3, -0.25) is 0 Å². The molecule has 1 aliphatic heterocycles. The molecule has 2 N–H and O–H groups in total. The van der Waals surface area contributed by atoms with Gasteiger partial charge in [-0.05, 0) is 24.7 Å². The van der Waals surface area contributed by atoms with Crippen LogP contribution in [0.4, 0.5) is 0 Å². The number of ether oxygens (including phenoxy) is 1. The highest BCUT2D eigenvalue weighted by molar-refractivity contribution is 6.30. The fraction of sp³-hybridized carbons (Fsp3) is 0.364. The smallest absolute Gasteiger partial charge is 0.349 e. The topological polar surface area (TPSA) is 58.6 Å². The number of hydrogen-bond donors (Lipinski definition) is 2. The van der Waals surface area contributed by atoms with E-state index in [-0.39, 0.29) is 0 Å². The first-order valence-corrected chi connectivity index (χ1v) is 5.39. The number of rotatable bonds is 3. The third-order valence-electron chi connectivity index (χ3n) is 2.62. The Morgan fingerprint density at radius 3 is 2.94 bits per heavy atom. The Kier molecular flexibility index (Phi) is 3.03. The van der Waals surface area contributed by atoms with E-state index in [2.05, 4.69) is 5.32 Å². The highest BCUT2D eigenvalue weighted by atomic mass is 35.5. The summed E-state index contributed by atoms with van der Waals surface area (Å²) in [5.74, 6) is -0.462. The molecule has 0 saturated carbocycles. The van der Waals surface area contributed by atoms with Gasteiger partial charge in [-0.1, -0.05) is 17.7 Å². The summed E-state index contributed by atoms with van der Waals surface area (Å²) in [4.78, 5) is 11.2. The molecule has 0 bridgehead atoms. The molecular weight excluding hydrogens is 230 g/mol. The van der Waals surface area contributed by atoms with Crippen LogP contribution in [0.2, 0.25) is 5.02 Å². The molecule has 86 valence electrons. The summed E-state index contributed by atoms with van der Waals surface area (Å²) in [6, 6.07) is 6.77. The van der Waals surface area contributed by atoms with Crippen LogP contribution in [0.25, 0.3) is 0 Å². The quantitative estimate of drug-likeness (QED) is 0.843. The van der Waals surface area contributed by atoms with Gasteiger partial charge < -0.3 is 15.2 Å². The third kappa shape index (κ3) is 2.13. The van der Waals surface area contributed by atoms with E-state index in [1.807, 2.05) is 0 Å². The molecule has 0 spiro atoms. The van der Waals surface area contributed by atoms with E-state index in [0.29, 0.717) is 30.3 Å². The summed E-state index contributed by atoms with van der Waals surface area (Å²) < 4.78 is 5.56. The van der Waals surface area contributed by atoms with Crippen LogP contribution in [-0.2, 0) is 4.79 Å². The first kappa shape index (κ1) is 11.2. The molecule has 0 aliphatic carbocycles. The molecule has 1 aromatic rings. The van der Waals surface area contributed by atoms with Crippen LogP contribution in [-0.4, -0.2) is 29.8 Å². The first-order valence-electron chi connectivity index (χ1n) is 5.01. The predicted octanol–water partition coefficient (Wildman–Crippen LogP) is 1.54. The molecular formula is C11H12ClNO3. The van der Waals surface area contributed by atoms with E-state index in [9.17, 15) is 9.90 Å². The lowest BCUT2D eigenvalue weighted by atomic mass is 10.0. The molecule has 1 aliphatic rings. The molecule has 0 aromatic heterocycles. The molecule has 1 heterocycles. The summed E-state index contributed by atoms with van der Waals surface area (Å²) in [6.07, 6.45) is 0.453. The van der Waals surface area contributed by atoms with Crippen molar-refractivity contribution in [2.24, 2.45) is 0 Å². The van der Waals surface area contributed by atoms with Gasteiger partial charge in [0.1, 0.15) is 5.75 Å². The molecule has 0 amide bonds. The van der Waals surface area contributed by atoms with Crippen molar-refractivity contribution in [1.82, 2.24) is 5.32 Å². The van der Waals surface area contributed by atoms with E-state index < -0.39 is 11.6 Å². The maximum Gasteiger partial charge on any atom is 0.349 e. The number of hydrogen-bond acceptors (Lipinski definition) is 3. The summed E-state index contributed by atoms with van der Waals surface area (Å²) in [6.45, 7) is 0.960. The lowest BCUT2D eigenvalue weighted by Gasteiger charge is -2.24. The maximum atomic E-state index is 11.2. The lowest BCUT2D eigenvalue weighted by molar-refractivity contribution is -0.153. The van der Waals surface area contributed by atoms with E-state index >= 15 is 0 Å². The molecule has 0 radical (unpaired) electrons. The van der Waals surface area contributed by atoms with Crippen LogP contribution in [0.5, 0.6) is 5.75 Å². The zero-order valence-electron chi connectivity index (χ0n) is 8.57. The Morgan fingerprint density at radius 2 is 2.38 bits per heavy atom. The minimum Gasteiger partial charge on any atom is -0.478 e. The van der Waals surface area contributed by atoms with Gasteiger partial charge in [0.25, 0.3) is 0 Å². The number of nitrogens with one attached hydrogen (secondary N) is 1. The summed E-state index contributed by atoms with van der Waals surface area (Å²) >= 11 is 5.81. The van der Waals surface area contributed by atoms with Crippen LogP contribution in [0.3, 0.4) is 0 Å². The van der Waals surface area contributed by atoms with Gasteiger partial charge in [-0.15, -0.1) is 0 Å². The molecule has 4 nitrogen and oxygen atoms in total. The van der Waals surface area contributed by atoms with Crippen LogP contribution < -0.4 is 10.1 Å². The lowest BCUT2D eigenvalue weighted by Crippen LogP contribution is -2.46. The van der Waals surface area contributed by atoms with Gasteiger partial charge in [0, 0.05) is 18.0 Å². The highest BCUT2D eigenvalue weighted by Crippen LogP contribution is 2.26. The second-order valence-electron chi connectivity index (χ2n) is 3.79. The van der Waals surface area contributed by atoms with Gasteiger partial charge >= 0.3 is 5.97 Å². The van der Waals surface area contributed by atoms with Crippen molar-refractivity contribution in [2.45, 2.75) is 12.0 Å². The Labute approximate surface area is 98.2 Å². The SMILES string of the molecule is O=C(O)C1(Oc2cccc(Cl)c2)CCNC1. The van der Waals surface area contributed by atoms with Crippen molar-refractivity contribution in [3.63, 3.8) is 0 Å². The predicted molar refractivity (Wildman–Crippen MR) is 59.9 cm³/mol. The standard InChI is InChI=1S/C11H12ClNO3/c12-8-2-1-3-9(6-8)16-11(10(14)15)4-5-13-7-11/h1-3,6,13H,4-5,7H2,(H,14,15). The number of carboxylic acid groups (broad SMARTS) is 1. The number of halogens is 1. The van der Waals surface area contributed by atoms with Crippen LogP contribution in [0.1, 0.15) is 6.42 Å². The fourth-order valence-electron chi connectivity index (χ4n) is 1.74. The molecule has 2 rings (SSSR count). The minimum atomic E-state index is -1.16. The molecule has 1 atom stereocenters. The zero-order chi connectivity index (χ0) is 11.6. The van der Waals surface area contributed by atoms with E-state index in [1.165, 1.54) is 0 Å². The van der Waals surface area contributed by atoms with E-state index in [0.717, 1.165) is 0 Å². The normalized spacial score (nSPS) is 24.3. The van der Waals surface area contributed by atoms with Crippen LogP contribution >= 0.6 is 11.6 Å². The molecule has 1 unspecified atom stereocenters. The molecule has 5 heteroatoms. The average molecular weight is 242 g/mol. The second-order valence-corrected chi connectivity index (χ2v) is 4.22. The van der Waals surface area contributed by atoms with Gasteiger partial charge in [0.2, 0.25) is 5.60 Å². The first-order chi connectivity index (χ1) is 7.62. The van der Waals surface area contributed by atoms with Crippen molar-refractivity contribution >= 4 is 17.6 Å². The minimum absolute atomic E-state index is 0.314. The van der Waals surface area contributed by atoms with E-state index in [1.54, 1.807) is 24.3 Å². The van der Waals surface area contributed by atoms with Gasteiger partial charge in [-0.25, -0.2) is 4.79 Å². The number of benzene rings is 1. The van der Waals surface area contributed by atoms with E-state index in [4.69, 9.17) is 16.3 Å². The molecule has 1 saturated heterocycles. The summed E-state index contributed by atoms with van der Waals surface area (Å²) in [7, 11) is 0. The zero-order valence-corrected chi connectivity index (χ0v) is 9.33. The summed E-state index contributed by atoms with van der Waals surface area (Å²) in [5.41, 5.74) is -1.16. The van der Waals surface area contributed by atoms with Gasteiger partial charge in [0.15, 0.2) is 0 Å². The monoisotopic (exact) mass is 241 g/mol. The van der Waals surface area contributed by atoms with Gasteiger partial charge in [0.05, 0.1) is 0 Å². The summed E-state index contributed by atoms with van der Waals surface area (Å²) in [5, 5.41) is 12.7. The largest absolute Gasteiger partial charge is 0.478 e. The highest BCUT2D eigenvalue weighted by Gasteiger charge is 2.44. The van der Waals surface area contributed by atoms with Crippen molar-refractivity contribution in [2.75, 3.05) is 13.1 Å².